The molecule has 0 spiro atoms. The molecule has 11 heteroatoms. The van der Waals surface area contributed by atoms with Gasteiger partial charge in [-0.1, -0.05) is 128 Å². The van der Waals surface area contributed by atoms with Crippen LogP contribution in [0.25, 0.3) is 0 Å². The Balaban J connectivity index is 1.01. The summed E-state index contributed by atoms with van der Waals surface area (Å²) in [6, 6.07) is 29.6. The van der Waals surface area contributed by atoms with Gasteiger partial charge in [0.25, 0.3) is 0 Å². The zero-order chi connectivity index (χ0) is 47.5. The van der Waals surface area contributed by atoms with Gasteiger partial charge >= 0.3 is 23.9 Å². The fourth-order valence-electron chi connectivity index (χ4n) is 7.18. The minimum absolute atomic E-state index is 0.0336. The van der Waals surface area contributed by atoms with Crippen LogP contribution in [0.5, 0.6) is 34.5 Å². The molecule has 0 aliphatic rings. The van der Waals surface area contributed by atoms with Crippen LogP contribution in [-0.2, 0) is 0 Å². The molecule has 0 fully saturated rings. The summed E-state index contributed by atoms with van der Waals surface area (Å²) in [7, 11) is 0. The average Bonchev–Trinajstić information content (AvgIpc) is 3.34. The number of unbranched alkanes of at least 4 members (excludes halogenated alkanes) is 16. The highest BCUT2D eigenvalue weighted by Crippen LogP contribution is 2.31. The van der Waals surface area contributed by atoms with Crippen molar-refractivity contribution in [2.45, 2.75) is 129 Å². The predicted molar refractivity (Wildman–Crippen MR) is 262 cm³/mol. The van der Waals surface area contributed by atoms with Crippen LogP contribution in [0.4, 0.5) is 0 Å². The molecule has 10 nitrogen and oxygen atoms in total. The van der Waals surface area contributed by atoms with E-state index in [1.165, 1.54) is 157 Å². The molecule has 0 saturated carbocycles. The molecule has 0 aliphatic heterocycles. The molecule has 0 amide bonds. The molecule has 0 atom stereocenters. The van der Waals surface area contributed by atoms with Gasteiger partial charge in [0.2, 0.25) is 0 Å². The molecule has 0 aromatic heterocycles. The lowest BCUT2D eigenvalue weighted by molar-refractivity contribution is 0.0723. The predicted octanol–water partition coefficient (Wildman–Crippen LogP) is 15.0. The van der Waals surface area contributed by atoms with E-state index in [1.807, 2.05) is 0 Å². The van der Waals surface area contributed by atoms with E-state index < -0.39 is 23.9 Å². The van der Waals surface area contributed by atoms with Gasteiger partial charge in [0.15, 0.2) is 5.75 Å². The molecular weight excluding hydrogens is 868 g/mol. The van der Waals surface area contributed by atoms with Crippen molar-refractivity contribution in [1.29, 1.82) is 0 Å². The van der Waals surface area contributed by atoms with Crippen molar-refractivity contribution in [3.63, 3.8) is 0 Å². The molecule has 0 aliphatic carbocycles. The van der Waals surface area contributed by atoms with Gasteiger partial charge in [0.1, 0.15) is 28.7 Å². The Morgan fingerprint density at radius 1 is 0.343 bits per heavy atom. The number of benzene rings is 5. The summed E-state index contributed by atoms with van der Waals surface area (Å²) in [5.74, 6) is -0.630. The molecule has 0 bridgehead atoms. The van der Waals surface area contributed by atoms with Crippen LogP contribution in [0, 0.1) is 0 Å². The summed E-state index contributed by atoms with van der Waals surface area (Å²) in [5.41, 5.74) is 1.07. The number of carbonyl (C=O) groups is 4. The number of esters is 4. The molecule has 5 aromatic rings. The number of hydrogen-bond acceptors (Lipinski definition) is 10. The lowest BCUT2D eigenvalue weighted by Gasteiger charge is -2.10. The first-order chi connectivity index (χ1) is 32.7. The Labute approximate surface area is 401 Å². The van der Waals surface area contributed by atoms with E-state index in [0.29, 0.717) is 35.8 Å². The number of halogens is 1. The third-order valence-electron chi connectivity index (χ3n) is 11.1. The first kappa shape index (κ1) is 51.8. The normalized spacial score (nSPS) is 10.9. The minimum atomic E-state index is -0.736. The minimum Gasteiger partial charge on any atom is -0.494 e. The quantitative estimate of drug-likeness (QED) is 0.0250. The van der Waals surface area contributed by atoms with Crippen molar-refractivity contribution in [2.75, 3.05) is 13.2 Å². The van der Waals surface area contributed by atoms with E-state index in [2.05, 4.69) is 13.8 Å². The van der Waals surface area contributed by atoms with Crippen LogP contribution in [0.2, 0.25) is 5.02 Å². The zero-order valence-electron chi connectivity index (χ0n) is 39.1. The summed E-state index contributed by atoms with van der Waals surface area (Å²) >= 11 is 6.33. The van der Waals surface area contributed by atoms with E-state index in [4.69, 9.17) is 40.0 Å². The molecule has 0 unspecified atom stereocenters. The Morgan fingerprint density at radius 3 is 0.985 bits per heavy atom. The summed E-state index contributed by atoms with van der Waals surface area (Å²) in [4.78, 5) is 51.7. The second kappa shape index (κ2) is 29.5. The second-order valence-electron chi connectivity index (χ2n) is 16.6. The van der Waals surface area contributed by atoms with Gasteiger partial charge in [0.05, 0.1) is 40.5 Å². The summed E-state index contributed by atoms with van der Waals surface area (Å²) in [5, 5.41) is 0.112. The van der Waals surface area contributed by atoms with Crippen molar-refractivity contribution < 1.29 is 47.6 Å². The van der Waals surface area contributed by atoms with Crippen molar-refractivity contribution in [2.24, 2.45) is 0 Å². The van der Waals surface area contributed by atoms with Crippen LogP contribution in [0.15, 0.2) is 115 Å². The highest BCUT2D eigenvalue weighted by molar-refractivity contribution is 6.32. The van der Waals surface area contributed by atoms with Gasteiger partial charge < -0.3 is 28.4 Å². The molecule has 356 valence electrons. The van der Waals surface area contributed by atoms with Crippen LogP contribution in [0.1, 0.15) is 171 Å². The van der Waals surface area contributed by atoms with Crippen LogP contribution < -0.4 is 28.4 Å². The molecule has 0 saturated heterocycles. The van der Waals surface area contributed by atoms with Crippen LogP contribution in [0.3, 0.4) is 0 Å². The number of hydrogen-bond donors (Lipinski definition) is 0. The Bertz CT molecular complexity index is 2250. The van der Waals surface area contributed by atoms with Crippen molar-refractivity contribution in [1.82, 2.24) is 0 Å². The van der Waals surface area contributed by atoms with E-state index >= 15 is 0 Å². The lowest BCUT2D eigenvalue weighted by atomic mass is 10.1. The first-order valence-electron chi connectivity index (χ1n) is 24.1. The van der Waals surface area contributed by atoms with Gasteiger partial charge in [-0.15, -0.1) is 0 Å². The Hall–Kier alpha value is -6.13. The van der Waals surface area contributed by atoms with Crippen molar-refractivity contribution in [3.8, 4) is 34.5 Å². The van der Waals surface area contributed by atoms with Gasteiger partial charge in [-0.2, -0.15) is 0 Å². The molecule has 0 heterocycles. The summed E-state index contributed by atoms with van der Waals surface area (Å²) in [6.45, 7) is 5.73. The molecule has 5 rings (SSSR count). The molecule has 0 radical (unpaired) electrons. The SMILES string of the molecule is CCCCCCCCCCCOc1ccc(C(=O)Oc2ccc(C(=O)Oc3ccc(Cl)c(OC(=O)c4ccc(OC(=O)c5ccc(OCCCCCCCCCCC)cc5)cc4)c3)cc2)cc1. The molecule has 5 aromatic carbocycles. The fourth-order valence-corrected chi connectivity index (χ4v) is 7.34. The largest absolute Gasteiger partial charge is 0.494 e. The first-order valence-corrected chi connectivity index (χ1v) is 24.4. The number of ether oxygens (including phenoxy) is 6. The van der Waals surface area contributed by atoms with E-state index in [-0.39, 0.29) is 39.1 Å². The molecule has 67 heavy (non-hydrogen) atoms. The number of rotatable bonds is 30. The monoisotopic (exact) mass is 932 g/mol. The molecular formula is C56H65ClO10. The maximum absolute atomic E-state index is 13.1. The zero-order valence-corrected chi connectivity index (χ0v) is 39.8. The lowest BCUT2D eigenvalue weighted by Crippen LogP contribution is -2.11. The van der Waals surface area contributed by atoms with E-state index in [9.17, 15) is 19.2 Å². The third-order valence-corrected chi connectivity index (χ3v) is 11.4. The fraction of sp³-hybridized carbons (Fsp3) is 0.393. The van der Waals surface area contributed by atoms with E-state index in [1.54, 1.807) is 48.5 Å². The van der Waals surface area contributed by atoms with Gasteiger partial charge in [-0.25, -0.2) is 19.2 Å². The summed E-state index contributed by atoms with van der Waals surface area (Å²) in [6.07, 6.45) is 22.4. The van der Waals surface area contributed by atoms with Crippen LogP contribution >= 0.6 is 11.6 Å². The topological polar surface area (TPSA) is 124 Å². The van der Waals surface area contributed by atoms with Gasteiger partial charge in [-0.3, -0.25) is 0 Å². The highest BCUT2D eigenvalue weighted by atomic mass is 35.5. The van der Waals surface area contributed by atoms with Crippen molar-refractivity contribution >= 4 is 35.5 Å². The smallest absolute Gasteiger partial charge is 0.343 e. The van der Waals surface area contributed by atoms with Gasteiger partial charge in [-0.05, 0) is 122 Å². The Kier molecular flexibility index (Phi) is 22.8. The van der Waals surface area contributed by atoms with Crippen LogP contribution in [-0.4, -0.2) is 37.1 Å². The maximum atomic E-state index is 13.1. The Morgan fingerprint density at radius 2 is 0.627 bits per heavy atom. The second-order valence-corrected chi connectivity index (χ2v) is 17.0. The standard InChI is InChI=1S/C56H65ClO10/c1-3-5-7-9-11-13-15-17-19-39-62-46-29-21-42(22-30-46)53(58)64-48-33-25-44(26-34-48)55(60)66-50-37-38-51(57)52(41-50)67-56(61)45-27-35-49(36-28-45)65-54(59)43-23-31-47(32-24-43)63-40-20-18-16-14-12-10-8-6-4-2/h21-38,41H,3-20,39-40H2,1-2H3. The average molecular weight is 934 g/mol. The maximum Gasteiger partial charge on any atom is 0.343 e. The number of carbonyl (C=O) groups excluding carboxylic acids is 4. The molecule has 0 N–H and O–H groups in total. The summed E-state index contributed by atoms with van der Waals surface area (Å²) < 4.78 is 33.8. The third kappa shape index (κ3) is 18.9. The highest BCUT2D eigenvalue weighted by Gasteiger charge is 2.17. The van der Waals surface area contributed by atoms with E-state index in [0.717, 1.165) is 25.7 Å². The van der Waals surface area contributed by atoms with Crippen molar-refractivity contribution in [3.05, 3.63) is 143 Å². The van der Waals surface area contributed by atoms with Gasteiger partial charge in [0, 0.05) is 6.07 Å².